The van der Waals surface area contributed by atoms with E-state index in [9.17, 15) is 9.59 Å². The molecule has 3 aliphatic rings. The summed E-state index contributed by atoms with van der Waals surface area (Å²) in [6.45, 7) is 1.62. The maximum atomic E-state index is 11.1. The van der Waals surface area contributed by atoms with Crippen LogP contribution in [-0.2, 0) is 19.1 Å². The Balaban J connectivity index is 2.03. The van der Waals surface area contributed by atoms with Crippen molar-refractivity contribution in [2.45, 2.75) is 30.8 Å². The lowest BCUT2D eigenvalue weighted by Gasteiger charge is -2.26. The summed E-state index contributed by atoms with van der Waals surface area (Å²) in [5.74, 6) is -4.24. The first kappa shape index (κ1) is 9.11. The van der Waals surface area contributed by atoms with Gasteiger partial charge in [-0.1, -0.05) is 0 Å². The van der Waals surface area contributed by atoms with Gasteiger partial charge in [-0.25, -0.2) is 0 Å². The molecule has 3 aliphatic heterocycles. The monoisotopic (exact) mass is 214 g/mol. The summed E-state index contributed by atoms with van der Waals surface area (Å²) in [6.07, 6.45) is -1.05. The fraction of sp³-hybridized carbons (Fsp3) is 0.778. The Morgan fingerprint density at radius 2 is 1.87 bits per heavy atom. The maximum absolute atomic E-state index is 11.1. The number of rotatable bonds is 2. The van der Waals surface area contributed by atoms with Gasteiger partial charge in [-0.2, -0.15) is 0 Å². The summed E-state index contributed by atoms with van der Waals surface area (Å²) < 4.78 is 10.7. The number of epoxide rings is 1. The van der Waals surface area contributed by atoms with Gasteiger partial charge in [0.05, 0.1) is 0 Å². The van der Waals surface area contributed by atoms with Crippen molar-refractivity contribution in [3.8, 4) is 0 Å². The zero-order valence-electron chi connectivity index (χ0n) is 7.91. The summed E-state index contributed by atoms with van der Waals surface area (Å²) in [4.78, 5) is 22.1. The zero-order valence-corrected chi connectivity index (χ0v) is 7.91. The third-order valence-corrected chi connectivity index (χ3v) is 3.69. The van der Waals surface area contributed by atoms with Crippen molar-refractivity contribution in [3.05, 3.63) is 0 Å². The lowest BCUT2D eigenvalue weighted by molar-refractivity contribution is -0.155. The normalized spacial score (nSPS) is 55.1. The van der Waals surface area contributed by atoms with Gasteiger partial charge in [-0.3, -0.25) is 9.59 Å². The van der Waals surface area contributed by atoms with Gasteiger partial charge in [-0.05, 0) is 6.92 Å². The van der Waals surface area contributed by atoms with Crippen LogP contribution in [0.2, 0.25) is 0 Å². The topological polar surface area (TPSA) is 96.4 Å². The second kappa shape index (κ2) is 2.33. The molecule has 0 aliphatic carbocycles. The van der Waals surface area contributed by atoms with E-state index in [1.54, 1.807) is 6.92 Å². The van der Waals surface area contributed by atoms with E-state index in [1.165, 1.54) is 0 Å². The van der Waals surface area contributed by atoms with Crippen LogP contribution in [0.4, 0.5) is 0 Å². The molecule has 2 bridgehead atoms. The highest BCUT2D eigenvalue weighted by atomic mass is 16.7. The third-order valence-electron chi connectivity index (χ3n) is 3.69. The van der Waals surface area contributed by atoms with Gasteiger partial charge in [-0.15, -0.1) is 0 Å². The number of carboxylic acids is 2. The van der Waals surface area contributed by atoms with Crippen LogP contribution < -0.4 is 0 Å². The van der Waals surface area contributed by atoms with E-state index in [4.69, 9.17) is 19.7 Å². The Kier molecular flexibility index (Phi) is 1.42. The molecule has 15 heavy (non-hydrogen) atoms. The van der Waals surface area contributed by atoms with Crippen LogP contribution in [0.3, 0.4) is 0 Å². The van der Waals surface area contributed by atoms with E-state index in [-0.39, 0.29) is 12.2 Å². The van der Waals surface area contributed by atoms with Gasteiger partial charge in [0.25, 0.3) is 0 Å². The van der Waals surface area contributed by atoms with Crippen molar-refractivity contribution in [1.29, 1.82) is 0 Å². The molecule has 6 heteroatoms. The number of hydrogen-bond acceptors (Lipinski definition) is 4. The summed E-state index contributed by atoms with van der Waals surface area (Å²) in [5.41, 5.74) is -0.968. The lowest BCUT2D eigenvalue weighted by atomic mass is 9.72. The van der Waals surface area contributed by atoms with Crippen LogP contribution in [0.5, 0.6) is 0 Å². The van der Waals surface area contributed by atoms with E-state index in [0.29, 0.717) is 0 Å². The minimum absolute atomic E-state index is 0.216. The van der Waals surface area contributed by atoms with E-state index in [2.05, 4.69) is 0 Å². The van der Waals surface area contributed by atoms with Crippen LogP contribution >= 0.6 is 0 Å². The standard InChI is InChI=1S/C9H10O6/c1-9-3(8(12)13)2(7(10)11)4(15-9)5-6(9)14-5/h2-6H,1H3,(H,10,11)(H,12,13). The maximum Gasteiger partial charge on any atom is 0.310 e. The second-order valence-electron chi connectivity index (χ2n) is 4.47. The van der Waals surface area contributed by atoms with Crippen LogP contribution in [0.15, 0.2) is 0 Å². The molecule has 0 spiro atoms. The Morgan fingerprint density at radius 1 is 1.20 bits per heavy atom. The molecule has 3 heterocycles. The molecule has 6 atom stereocenters. The molecule has 6 nitrogen and oxygen atoms in total. The molecule has 3 rings (SSSR count). The van der Waals surface area contributed by atoms with Gasteiger partial charge in [0, 0.05) is 0 Å². The van der Waals surface area contributed by atoms with E-state index in [0.717, 1.165) is 0 Å². The molecule has 2 N–H and O–H groups in total. The highest BCUT2D eigenvalue weighted by Crippen LogP contribution is 2.60. The Bertz CT molecular complexity index is 366. The van der Waals surface area contributed by atoms with Gasteiger partial charge in [0.2, 0.25) is 0 Å². The smallest absolute Gasteiger partial charge is 0.310 e. The van der Waals surface area contributed by atoms with Gasteiger partial charge in [0.15, 0.2) is 0 Å². The third kappa shape index (κ3) is 0.866. The number of ether oxygens (including phenoxy) is 2. The number of hydrogen-bond donors (Lipinski definition) is 2. The first-order valence-electron chi connectivity index (χ1n) is 4.75. The quantitative estimate of drug-likeness (QED) is 0.591. The number of aliphatic carboxylic acids is 2. The summed E-state index contributed by atoms with van der Waals surface area (Å²) in [7, 11) is 0. The van der Waals surface area contributed by atoms with Crippen LogP contribution in [0.1, 0.15) is 6.92 Å². The molecule has 0 saturated carbocycles. The molecule has 0 amide bonds. The first-order valence-corrected chi connectivity index (χ1v) is 4.75. The van der Waals surface area contributed by atoms with E-state index < -0.39 is 35.5 Å². The fourth-order valence-corrected chi connectivity index (χ4v) is 3.02. The Morgan fingerprint density at radius 3 is 2.40 bits per heavy atom. The molecular weight excluding hydrogens is 204 g/mol. The molecule has 0 aromatic carbocycles. The van der Waals surface area contributed by atoms with Gasteiger partial charge < -0.3 is 19.7 Å². The molecule has 3 saturated heterocycles. The fourth-order valence-electron chi connectivity index (χ4n) is 3.02. The highest BCUT2D eigenvalue weighted by molar-refractivity contribution is 5.83. The average molecular weight is 214 g/mol. The predicted molar refractivity (Wildman–Crippen MR) is 44.2 cm³/mol. The van der Waals surface area contributed by atoms with Crippen LogP contribution in [0.25, 0.3) is 0 Å². The van der Waals surface area contributed by atoms with Crippen molar-refractivity contribution in [3.63, 3.8) is 0 Å². The molecular formula is C9H10O6. The van der Waals surface area contributed by atoms with Gasteiger partial charge >= 0.3 is 11.9 Å². The number of carboxylic acid groups (broad SMARTS) is 2. The van der Waals surface area contributed by atoms with Crippen molar-refractivity contribution < 1.29 is 29.3 Å². The van der Waals surface area contributed by atoms with Crippen molar-refractivity contribution in [1.82, 2.24) is 0 Å². The van der Waals surface area contributed by atoms with Crippen molar-refractivity contribution in [2.75, 3.05) is 0 Å². The number of carbonyl (C=O) groups is 2. The summed E-state index contributed by atoms with van der Waals surface area (Å²) >= 11 is 0. The molecule has 0 radical (unpaired) electrons. The molecule has 82 valence electrons. The van der Waals surface area contributed by atoms with Gasteiger partial charge in [0.1, 0.15) is 35.7 Å². The molecule has 6 unspecified atom stereocenters. The highest BCUT2D eigenvalue weighted by Gasteiger charge is 2.78. The molecule has 0 aromatic rings. The van der Waals surface area contributed by atoms with E-state index in [1.807, 2.05) is 0 Å². The van der Waals surface area contributed by atoms with Crippen LogP contribution in [0, 0.1) is 11.8 Å². The second-order valence-corrected chi connectivity index (χ2v) is 4.47. The first-order chi connectivity index (χ1) is 6.97. The Hall–Kier alpha value is -1.14. The minimum atomic E-state index is -1.12. The Labute approximate surface area is 84.8 Å². The largest absolute Gasteiger partial charge is 0.481 e. The summed E-state index contributed by atoms with van der Waals surface area (Å²) in [6, 6.07) is 0. The average Bonchev–Trinajstić information content (AvgIpc) is 2.79. The SMILES string of the molecule is CC12OC(C3OC31)C(C(=O)O)C2C(=O)O. The van der Waals surface area contributed by atoms with E-state index >= 15 is 0 Å². The molecule has 0 aromatic heterocycles. The van der Waals surface area contributed by atoms with Crippen molar-refractivity contribution >= 4 is 11.9 Å². The van der Waals surface area contributed by atoms with Crippen molar-refractivity contribution in [2.24, 2.45) is 11.8 Å². The summed E-state index contributed by atoms with van der Waals surface area (Å²) in [5, 5.41) is 18.1. The minimum Gasteiger partial charge on any atom is -0.481 e. The predicted octanol–water partition coefficient (Wildman–Crippen LogP) is -0.674. The molecule has 3 fully saturated rings. The lowest BCUT2D eigenvalue weighted by Crippen LogP contribution is -2.47. The number of fused-ring (bicyclic) bond motifs is 5. The zero-order chi connectivity index (χ0) is 11.0. The van der Waals surface area contributed by atoms with Crippen LogP contribution in [-0.4, -0.2) is 46.1 Å².